The van der Waals surface area contributed by atoms with Gasteiger partial charge in [-0.15, -0.1) is 0 Å². The fraction of sp³-hybridized carbons (Fsp3) is 0.0909. The maximum atomic E-state index is 15.0. The first-order chi connectivity index (χ1) is 12.1. The molecule has 0 radical (unpaired) electrons. The lowest BCUT2D eigenvalue weighted by Gasteiger charge is -2.10. The van der Waals surface area contributed by atoms with Crippen molar-refractivity contribution in [2.45, 2.75) is 13.3 Å². The van der Waals surface area contributed by atoms with Crippen LogP contribution >= 0.6 is 0 Å². The normalized spacial score (nSPS) is 11.4. The van der Waals surface area contributed by atoms with Gasteiger partial charge in [-0.3, -0.25) is 0 Å². The van der Waals surface area contributed by atoms with Gasteiger partial charge < -0.3 is 0 Å². The van der Waals surface area contributed by atoms with Crippen LogP contribution in [0.1, 0.15) is 12.5 Å². The molecule has 0 unspecified atom stereocenters. The van der Waals surface area contributed by atoms with Crippen LogP contribution in [-0.2, 0) is 6.42 Å². The average molecular weight is 336 g/mol. The quantitative estimate of drug-likeness (QED) is 0.360. The molecule has 4 aromatic carbocycles. The van der Waals surface area contributed by atoms with Gasteiger partial charge >= 0.3 is 0 Å². The van der Waals surface area contributed by atoms with Gasteiger partial charge in [-0.1, -0.05) is 55.5 Å². The van der Waals surface area contributed by atoms with Crippen LogP contribution in [0.4, 0.5) is 13.2 Å². The van der Waals surface area contributed by atoms with E-state index in [0.29, 0.717) is 10.9 Å². The summed E-state index contributed by atoms with van der Waals surface area (Å²) < 4.78 is 41.7. The molecule has 4 rings (SSSR count). The molecule has 0 atom stereocenters. The van der Waals surface area contributed by atoms with E-state index in [0.717, 1.165) is 34.7 Å². The van der Waals surface area contributed by atoms with Crippen molar-refractivity contribution < 1.29 is 13.2 Å². The van der Waals surface area contributed by atoms with Crippen LogP contribution < -0.4 is 0 Å². The van der Waals surface area contributed by atoms with Crippen molar-refractivity contribution >= 4 is 21.5 Å². The lowest BCUT2D eigenvalue weighted by Crippen LogP contribution is -1.91. The van der Waals surface area contributed by atoms with E-state index in [1.807, 2.05) is 24.3 Å². The number of halogens is 3. The third-order valence-electron chi connectivity index (χ3n) is 4.65. The highest BCUT2D eigenvalue weighted by Gasteiger charge is 2.13. The van der Waals surface area contributed by atoms with Crippen LogP contribution in [-0.4, -0.2) is 0 Å². The molecule has 0 saturated carbocycles. The van der Waals surface area contributed by atoms with E-state index in [1.54, 1.807) is 12.1 Å². The predicted molar refractivity (Wildman–Crippen MR) is 96.1 cm³/mol. The van der Waals surface area contributed by atoms with Crippen molar-refractivity contribution in [2.75, 3.05) is 0 Å². The van der Waals surface area contributed by atoms with Crippen LogP contribution in [0, 0.1) is 17.5 Å². The Balaban J connectivity index is 1.96. The summed E-state index contributed by atoms with van der Waals surface area (Å²) in [5.41, 5.74) is 1.81. The predicted octanol–water partition coefficient (Wildman–Crippen LogP) is 6.64. The number of rotatable bonds is 2. The smallest absolute Gasteiger partial charge is 0.159 e. The van der Waals surface area contributed by atoms with Gasteiger partial charge in [0.25, 0.3) is 0 Å². The number of aryl methyl sites for hydroxylation is 1. The second-order valence-corrected chi connectivity index (χ2v) is 6.13. The fourth-order valence-electron chi connectivity index (χ4n) is 3.27. The zero-order valence-electron chi connectivity index (χ0n) is 13.6. The first-order valence-corrected chi connectivity index (χ1v) is 8.18. The number of fused-ring (bicyclic) bond motifs is 3. The molecule has 0 spiro atoms. The van der Waals surface area contributed by atoms with E-state index in [4.69, 9.17) is 0 Å². The Kier molecular flexibility index (Phi) is 3.72. The molecule has 0 bridgehead atoms. The zero-order chi connectivity index (χ0) is 17.6. The summed E-state index contributed by atoms with van der Waals surface area (Å²) in [6.45, 7) is 2.09. The fourth-order valence-corrected chi connectivity index (χ4v) is 3.27. The third kappa shape index (κ3) is 2.56. The molecule has 0 aliphatic heterocycles. The van der Waals surface area contributed by atoms with Crippen LogP contribution in [0.2, 0.25) is 0 Å². The first kappa shape index (κ1) is 15.7. The molecule has 0 aliphatic rings. The average Bonchev–Trinajstić information content (AvgIpc) is 2.63. The molecule has 0 N–H and O–H groups in total. The van der Waals surface area contributed by atoms with Gasteiger partial charge in [0.2, 0.25) is 0 Å². The lowest BCUT2D eigenvalue weighted by molar-refractivity contribution is 0.509. The molecular formula is C22H15F3. The summed E-state index contributed by atoms with van der Waals surface area (Å²) in [5, 5.41) is 3.32. The molecule has 4 aromatic rings. The van der Waals surface area contributed by atoms with Gasteiger partial charge in [-0.05, 0) is 45.8 Å². The molecule has 25 heavy (non-hydrogen) atoms. The van der Waals surface area contributed by atoms with Crippen LogP contribution in [0.5, 0.6) is 0 Å². The molecule has 0 aromatic heterocycles. The van der Waals surface area contributed by atoms with Gasteiger partial charge in [0.05, 0.1) is 0 Å². The van der Waals surface area contributed by atoms with Crippen molar-refractivity contribution in [2.24, 2.45) is 0 Å². The highest BCUT2D eigenvalue weighted by Crippen LogP contribution is 2.33. The molecule has 0 amide bonds. The molecule has 0 heterocycles. The maximum Gasteiger partial charge on any atom is 0.159 e. The van der Waals surface area contributed by atoms with E-state index in [-0.39, 0.29) is 5.56 Å². The van der Waals surface area contributed by atoms with E-state index in [2.05, 4.69) is 13.0 Å². The first-order valence-electron chi connectivity index (χ1n) is 8.18. The standard InChI is InChI=1S/C22H15F3/c1-2-13-3-6-16-14(11-13)4-7-19-18(16)9-8-17(22(19)25)15-5-10-20(23)21(24)12-15/h3-12H,2H2,1H3. The van der Waals surface area contributed by atoms with Crippen molar-refractivity contribution in [3.8, 4) is 11.1 Å². The van der Waals surface area contributed by atoms with Gasteiger partial charge in [0, 0.05) is 10.9 Å². The van der Waals surface area contributed by atoms with E-state index >= 15 is 4.39 Å². The molecule has 3 heteroatoms. The summed E-state index contributed by atoms with van der Waals surface area (Å²) in [5.74, 6) is -2.35. The molecule has 124 valence electrons. The molecule has 0 aliphatic carbocycles. The second-order valence-electron chi connectivity index (χ2n) is 6.13. The van der Waals surface area contributed by atoms with Crippen LogP contribution in [0.3, 0.4) is 0 Å². The Hall–Kier alpha value is -2.81. The summed E-state index contributed by atoms with van der Waals surface area (Å²) >= 11 is 0. The van der Waals surface area contributed by atoms with Crippen LogP contribution in [0.25, 0.3) is 32.7 Å². The third-order valence-corrected chi connectivity index (χ3v) is 4.65. The van der Waals surface area contributed by atoms with E-state index in [9.17, 15) is 8.78 Å². The maximum absolute atomic E-state index is 15.0. The zero-order valence-corrected chi connectivity index (χ0v) is 13.6. The van der Waals surface area contributed by atoms with Gasteiger partial charge in [-0.2, -0.15) is 0 Å². The molecule has 0 nitrogen and oxygen atoms in total. The minimum absolute atomic E-state index is 0.260. The molecule has 0 saturated heterocycles. The lowest BCUT2D eigenvalue weighted by atomic mass is 9.95. The Morgan fingerprint density at radius 3 is 2.20 bits per heavy atom. The highest BCUT2D eigenvalue weighted by molar-refractivity contribution is 6.08. The van der Waals surface area contributed by atoms with Gasteiger partial charge in [0.15, 0.2) is 11.6 Å². The Bertz CT molecular complexity index is 1110. The van der Waals surface area contributed by atoms with Gasteiger partial charge in [-0.25, -0.2) is 13.2 Å². The summed E-state index contributed by atoms with van der Waals surface area (Å²) in [7, 11) is 0. The highest BCUT2D eigenvalue weighted by atomic mass is 19.2. The number of hydrogen-bond donors (Lipinski definition) is 0. The van der Waals surface area contributed by atoms with E-state index in [1.165, 1.54) is 11.6 Å². The minimum Gasteiger partial charge on any atom is -0.206 e. The molecule has 0 fully saturated rings. The monoisotopic (exact) mass is 336 g/mol. The topological polar surface area (TPSA) is 0 Å². The van der Waals surface area contributed by atoms with Crippen molar-refractivity contribution in [3.05, 3.63) is 83.7 Å². The Labute approximate surface area is 143 Å². The molecular weight excluding hydrogens is 321 g/mol. The van der Waals surface area contributed by atoms with Crippen LogP contribution in [0.15, 0.2) is 60.7 Å². The number of benzene rings is 4. The largest absolute Gasteiger partial charge is 0.206 e. The SMILES string of the molecule is CCc1ccc2c(ccc3c(F)c(-c4ccc(F)c(F)c4)ccc32)c1. The minimum atomic E-state index is -0.984. The van der Waals surface area contributed by atoms with Crippen molar-refractivity contribution in [1.29, 1.82) is 0 Å². The van der Waals surface area contributed by atoms with E-state index < -0.39 is 17.5 Å². The summed E-state index contributed by atoms with van der Waals surface area (Å²) in [6, 6.07) is 16.7. The summed E-state index contributed by atoms with van der Waals surface area (Å²) in [4.78, 5) is 0. The van der Waals surface area contributed by atoms with Crippen molar-refractivity contribution in [3.63, 3.8) is 0 Å². The number of hydrogen-bond acceptors (Lipinski definition) is 0. The second kappa shape index (κ2) is 5.92. The van der Waals surface area contributed by atoms with Gasteiger partial charge in [0.1, 0.15) is 5.82 Å². The van der Waals surface area contributed by atoms with Crippen molar-refractivity contribution in [1.82, 2.24) is 0 Å². The summed E-state index contributed by atoms with van der Waals surface area (Å²) in [6.07, 6.45) is 0.942. The Morgan fingerprint density at radius 1 is 0.680 bits per heavy atom. The Morgan fingerprint density at radius 2 is 1.44 bits per heavy atom.